The van der Waals surface area contributed by atoms with Crippen molar-refractivity contribution in [2.75, 3.05) is 31.7 Å². The fourth-order valence-electron chi connectivity index (χ4n) is 1.52. The van der Waals surface area contributed by atoms with Gasteiger partial charge in [0.15, 0.2) is 0 Å². The maximum Gasteiger partial charge on any atom is 0.325 e. The zero-order valence-electron chi connectivity index (χ0n) is 11.4. The van der Waals surface area contributed by atoms with Crippen molar-refractivity contribution in [1.29, 1.82) is 0 Å². The Labute approximate surface area is 121 Å². The second-order valence-electron chi connectivity index (χ2n) is 3.75. The van der Waals surface area contributed by atoms with Crippen molar-refractivity contribution in [3.05, 3.63) is 10.7 Å². The van der Waals surface area contributed by atoms with Crippen LogP contribution in [0, 0.1) is 0 Å². The van der Waals surface area contributed by atoms with E-state index in [0.717, 1.165) is 6.42 Å². The largest absolute Gasteiger partial charge is 0.480 e. The van der Waals surface area contributed by atoms with Gasteiger partial charge in [-0.05, 0) is 29.3 Å². The molecule has 0 aliphatic carbocycles. The minimum atomic E-state index is -0.290. The van der Waals surface area contributed by atoms with Crippen molar-refractivity contribution in [1.82, 2.24) is 9.97 Å². The van der Waals surface area contributed by atoms with E-state index in [1.54, 1.807) is 18.0 Å². The third-order valence-corrected chi connectivity index (χ3v) is 2.84. The molecule has 7 heteroatoms. The van der Waals surface area contributed by atoms with Crippen molar-refractivity contribution in [3.8, 4) is 5.88 Å². The Hall–Kier alpha value is -1.37. The highest BCUT2D eigenvalue weighted by Gasteiger charge is 2.16. The van der Waals surface area contributed by atoms with E-state index in [4.69, 9.17) is 9.47 Å². The molecular weight excluding hydrogens is 314 g/mol. The highest BCUT2D eigenvalue weighted by atomic mass is 79.9. The molecule has 0 N–H and O–H groups in total. The number of esters is 1. The lowest BCUT2D eigenvalue weighted by Gasteiger charge is -2.21. The molecule has 0 aliphatic rings. The monoisotopic (exact) mass is 331 g/mol. The number of anilines is 1. The Morgan fingerprint density at radius 3 is 2.79 bits per heavy atom. The molecule has 0 saturated carbocycles. The molecule has 19 heavy (non-hydrogen) atoms. The molecular formula is C12H18BrN3O3. The highest BCUT2D eigenvalue weighted by molar-refractivity contribution is 9.10. The molecule has 0 spiro atoms. The number of carbonyl (C=O) groups excluding carboxylic acids is 1. The Morgan fingerprint density at radius 2 is 2.21 bits per heavy atom. The van der Waals surface area contributed by atoms with E-state index in [1.165, 1.54) is 7.11 Å². The molecule has 0 aliphatic heterocycles. The van der Waals surface area contributed by atoms with Crippen LogP contribution in [0.15, 0.2) is 10.7 Å². The van der Waals surface area contributed by atoms with Crippen molar-refractivity contribution < 1.29 is 14.3 Å². The van der Waals surface area contributed by atoms with E-state index in [-0.39, 0.29) is 12.5 Å². The third-order valence-electron chi connectivity index (χ3n) is 2.29. The van der Waals surface area contributed by atoms with Crippen LogP contribution in [0.25, 0.3) is 0 Å². The first kappa shape index (κ1) is 15.7. The van der Waals surface area contributed by atoms with Crippen molar-refractivity contribution in [2.24, 2.45) is 0 Å². The first-order chi connectivity index (χ1) is 9.12. The highest BCUT2D eigenvalue weighted by Crippen LogP contribution is 2.23. The number of hydrogen-bond acceptors (Lipinski definition) is 6. The molecule has 1 aromatic rings. The Bertz CT molecular complexity index is 429. The van der Waals surface area contributed by atoms with E-state index >= 15 is 0 Å². The predicted octanol–water partition coefficient (Wildman–Crippen LogP) is 2.03. The summed E-state index contributed by atoms with van der Waals surface area (Å²) in [6.45, 7) is 4.97. The van der Waals surface area contributed by atoms with Gasteiger partial charge >= 0.3 is 5.97 Å². The van der Waals surface area contributed by atoms with E-state index in [1.807, 2.05) is 6.92 Å². The van der Waals surface area contributed by atoms with E-state index < -0.39 is 0 Å². The average molecular weight is 332 g/mol. The van der Waals surface area contributed by atoms with Crippen molar-refractivity contribution in [2.45, 2.75) is 20.3 Å². The van der Waals surface area contributed by atoms with Gasteiger partial charge in [0, 0.05) is 6.54 Å². The summed E-state index contributed by atoms with van der Waals surface area (Å²) in [6, 6.07) is 0. The Morgan fingerprint density at radius 1 is 1.47 bits per heavy atom. The lowest BCUT2D eigenvalue weighted by molar-refractivity contribution is -0.141. The SMILES string of the molecule is CCCN(CC(=O)OCC)c1ncc(Br)c(OC)n1. The molecule has 0 unspecified atom stereocenters. The quantitative estimate of drug-likeness (QED) is 0.712. The molecule has 0 fully saturated rings. The van der Waals surface area contributed by atoms with E-state index in [9.17, 15) is 4.79 Å². The maximum atomic E-state index is 11.6. The summed E-state index contributed by atoms with van der Waals surface area (Å²) < 4.78 is 10.7. The Kier molecular flexibility index (Phi) is 6.55. The standard InChI is InChI=1S/C12H18BrN3O3/c1-4-6-16(8-10(17)19-5-2)12-14-7-9(13)11(15-12)18-3/h7H,4-6,8H2,1-3H3. The average Bonchev–Trinajstić information content (AvgIpc) is 2.39. The van der Waals surface area contributed by atoms with Crippen LogP contribution in [0.2, 0.25) is 0 Å². The van der Waals surface area contributed by atoms with Gasteiger partial charge in [0.25, 0.3) is 0 Å². The second kappa shape index (κ2) is 7.93. The van der Waals surface area contributed by atoms with E-state index in [0.29, 0.717) is 29.5 Å². The smallest absolute Gasteiger partial charge is 0.325 e. The number of carbonyl (C=O) groups is 1. The molecule has 1 aromatic heterocycles. The summed E-state index contributed by atoms with van der Waals surface area (Å²) in [5.74, 6) is 0.603. The number of nitrogens with zero attached hydrogens (tertiary/aromatic N) is 3. The molecule has 6 nitrogen and oxygen atoms in total. The van der Waals surface area contributed by atoms with Gasteiger partial charge in [-0.2, -0.15) is 4.98 Å². The number of halogens is 1. The minimum absolute atomic E-state index is 0.131. The van der Waals surface area contributed by atoms with Crippen molar-refractivity contribution in [3.63, 3.8) is 0 Å². The number of methoxy groups -OCH3 is 1. The zero-order chi connectivity index (χ0) is 14.3. The van der Waals surface area contributed by atoms with Crippen LogP contribution >= 0.6 is 15.9 Å². The lowest BCUT2D eigenvalue weighted by atomic mass is 10.4. The minimum Gasteiger partial charge on any atom is -0.480 e. The van der Waals surface area contributed by atoms with Gasteiger partial charge in [0.2, 0.25) is 11.8 Å². The molecule has 0 bridgehead atoms. The molecule has 0 atom stereocenters. The van der Waals surface area contributed by atoms with Crippen LogP contribution in [0.1, 0.15) is 20.3 Å². The van der Waals surface area contributed by atoms with Gasteiger partial charge in [-0.3, -0.25) is 4.79 Å². The molecule has 1 rings (SSSR count). The van der Waals surface area contributed by atoms with Crippen molar-refractivity contribution >= 4 is 27.8 Å². The van der Waals surface area contributed by atoms with Gasteiger partial charge in [0.1, 0.15) is 6.54 Å². The fraction of sp³-hybridized carbons (Fsp3) is 0.583. The topological polar surface area (TPSA) is 64.6 Å². The normalized spacial score (nSPS) is 10.1. The Balaban J connectivity index is 2.88. The van der Waals surface area contributed by atoms with Crippen LogP contribution in [0.5, 0.6) is 5.88 Å². The van der Waals surface area contributed by atoms with Crippen LogP contribution in [-0.2, 0) is 9.53 Å². The molecule has 0 amide bonds. The predicted molar refractivity (Wildman–Crippen MR) is 75.4 cm³/mol. The van der Waals surface area contributed by atoms with Crippen LogP contribution in [0.3, 0.4) is 0 Å². The number of rotatable bonds is 7. The van der Waals surface area contributed by atoms with Gasteiger partial charge in [-0.1, -0.05) is 6.92 Å². The molecule has 106 valence electrons. The third kappa shape index (κ3) is 4.66. The summed E-state index contributed by atoms with van der Waals surface area (Å²) in [6.07, 6.45) is 2.48. The van der Waals surface area contributed by atoms with Crippen LogP contribution in [0.4, 0.5) is 5.95 Å². The first-order valence-electron chi connectivity index (χ1n) is 6.09. The molecule has 0 radical (unpaired) electrons. The molecule has 0 saturated heterocycles. The van der Waals surface area contributed by atoms with Crippen LogP contribution in [-0.4, -0.2) is 42.7 Å². The zero-order valence-corrected chi connectivity index (χ0v) is 12.9. The molecule has 0 aromatic carbocycles. The summed E-state index contributed by atoms with van der Waals surface area (Å²) in [7, 11) is 1.53. The summed E-state index contributed by atoms with van der Waals surface area (Å²) in [5.41, 5.74) is 0. The maximum absolute atomic E-state index is 11.6. The first-order valence-corrected chi connectivity index (χ1v) is 6.88. The van der Waals surface area contributed by atoms with Gasteiger partial charge in [-0.25, -0.2) is 4.98 Å². The number of ether oxygens (including phenoxy) is 2. The summed E-state index contributed by atoms with van der Waals surface area (Å²) in [4.78, 5) is 21.8. The van der Waals surface area contributed by atoms with E-state index in [2.05, 4.69) is 25.9 Å². The number of aromatic nitrogens is 2. The molecule has 1 heterocycles. The summed E-state index contributed by atoms with van der Waals surface area (Å²) in [5, 5.41) is 0. The van der Waals surface area contributed by atoms with Crippen LogP contribution < -0.4 is 9.64 Å². The number of hydrogen-bond donors (Lipinski definition) is 0. The second-order valence-corrected chi connectivity index (χ2v) is 4.61. The lowest BCUT2D eigenvalue weighted by Crippen LogP contribution is -2.33. The van der Waals surface area contributed by atoms with Gasteiger partial charge < -0.3 is 14.4 Å². The van der Waals surface area contributed by atoms with Gasteiger partial charge in [0.05, 0.1) is 24.4 Å². The van der Waals surface area contributed by atoms with Gasteiger partial charge in [-0.15, -0.1) is 0 Å². The summed E-state index contributed by atoms with van der Waals surface area (Å²) >= 11 is 3.29. The fourth-order valence-corrected chi connectivity index (χ4v) is 1.87.